The highest BCUT2D eigenvalue weighted by molar-refractivity contribution is 7.92. The molecule has 0 saturated carbocycles. The molecule has 3 aromatic rings. The molecule has 8 nitrogen and oxygen atoms in total. The van der Waals surface area contributed by atoms with Crippen molar-refractivity contribution in [3.63, 3.8) is 0 Å². The molecule has 0 aliphatic heterocycles. The highest BCUT2D eigenvalue weighted by Gasteiger charge is 2.19. The van der Waals surface area contributed by atoms with Crippen molar-refractivity contribution in [1.29, 1.82) is 0 Å². The number of hydrogen-bond donors (Lipinski definition) is 2. The Bertz CT molecular complexity index is 1120. The molecule has 0 saturated heterocycles. The van der Waals surface area contributed by atoms with Crippen molar-refractivity contribution in [3.05, 3.63) is 57.9 Å². The summed E-state index contributed by atoms with van der Waals surface area (Å²) >= 11 is 1.34. The summed E-state index contributed by atoms with van der Waals surface area (Å²) in [5.74, 6) is -0.340. The number of nitrogens with zero attached hydrogens (tertiary/aromatic N) is 1. The maximum atomic E-state index is 12.5. The number of ketones is 1. The quantitative estimate of drug-likeness (QED) is 0.522. The highest BCUT2D eigenvalue weighted by Crippen LogP contribution is 2.22. The van der Waals surface area contributed by atoms with Crippen LogP contribution < -0.4 is 10.0 Å². The van der Waals surface area contributed by atoms with Crippen LogP contribution in [0, 0.1) is 13.8 Å². The number of rotatable bonds is 8. The molecule has 2 aromatic heterocycles. The van der Waals surface area contributed by atoms with Gasteiger partial charge < -0.3 is 9.84 Å². The minimum atomic E-state index is -3.85. The van der Waals surface area contributed by atoms with Gasteiger partial charge in [-0.2, -0.15) is 0 Å². The van der Waals surface area contributed by atoms with Crippen molar-refractivity contribution in [2.75, 3.05) is 10.0 Å². The molecule has 1 amide bonds. The maximum absolute atomic E-state index is 12.5. The van der Waals surface area contributed by atoms with E-state index in [-0.39, 0.29) is 35.3 Å². The van der Waals surface area contributed by atoms with E-state index in [2.05, 4.69) is 15.2 Å². The molecule has 0 atom stereocenters. The monoisotopic (exact) mass is 433 g/mol. The van der Waals surface area contributed by atoms with Crippen LogP contribution in [0.2, 0.25) is 0 Å². The summed E-state index contributed by atoms with van der Waals surface area (Å²) in [6.45, 7) is 3.41. The molecule has 0 bridgehead atoms. The van der Waals surface area contributed by atoms with Gasteiger partial charge in [0.2, 0.25) is 11.8 Å². The largest absolute Gasteiger partial charge is 0.337 e. The SMILES string of the molecule is Cc1noc(NS(=O)(=O)c2ccc(NC(=O)CCC(=O)c3cccs3)cc2)c1C. The van der Waals surface area contributed by atoms with Gasteiger partial charge in [0.05, 0.1) is 15.5 Å². The van der Waals surface area contributed by atoms with Crippen molar-refractivity contribution in [2.45, 2.75) is 31.6 Å². The van der Waals surface area contributed by atoms with Crippen LogP contribution in [-0.2, 0) is 14.8 Å². The van der Waals surface area contributed by atoms with Gasteiger partial charge in [0.15, 0.2) is 5.78 Å². The summed E-state index contributed by atoms with van der Waals surface area (Å²) in [6, 6.07) is 9.20. The van der Waals surface area contributed by atoms with Crippen LogP contribution in [0.1, 0.15) is 33.8 Å². The molecule has 1 aromatic carbocycles. The Morgan fingerprint density at radius 2 is 1.83 bits per heavy atom. The first-order chi connectivity index (χ1) is 13.8. The molecule has 10 heteroatoms. The fourth-order valence-corrected chi connectivity index (χ4v) is 4.16. The first kappa shape index (κ1) is 20.7. The number of Topliss-reactive ketones (excluding diaryl/α,β-unsaturated/α-hetero) is 1. The third kappa shape index (κ3) is 5.09. The van der Waals surface area contributed by atoms with Crippen molar-refractivity contribution < 1.29 is 22.5 Å². The van der Waals surface area contributed by atoms with Crippen molar-refractivity contribution >= 4 is 44.6 Å². The van der Waals surface area contributed by atoms with Gasteiger partial charge >= 0.3 is 0 Å². The number of nitrogens with one attached hydrogen (secondary N) is 2. The number of thiophene rings is 1. The van der Waals surface area contributed by atoms with Crippen LogP contribution in [0.3, 0.4) is 0 Å². The predicted molar refractivity (Wildman–Crippen MR) is 110 cm³/mol. The standard InChI is InChI=1S/C19H19N3O5S2/c1-12-13(2)21-27-19(12)22-29(25,26)15-7-5-14(6-8-15)20-18(24)10-9-16(23)17-4-3-11-28-17/h3-8,11,22H,9-10H2,1-2H3,(H,20,24). The first-order valence-electron chi connectivity index (χ1n) is 8.68. The molecule has 3 rings (SSSR count). The molecule has 0 aliphatic rings. The van der Waals surface area contributed by atoms with E-state index in [1.54, 1.807) is 26.0 Å². The van der Waals surface area contributed by atoms with E-state index >= 15 is 0 Å². The first-order valence-corrected chi connectivity index (χ1v) is 11.0. The predicted octanol–water partition coefficient (Wildman–Crippen LogP) is 3.76. The molecule has 0 unspecified atom stereocenters. The minimum absolute atomic E-state index is 0.0109. The molecule has 0 aliphatic carbocycles. The Hall–Kier alpha value is -2.98. The van der Waals surface area contributed by atoms with Crippen LogP contribution in [-0.4, -0.2) is 25.3 Å². The molecular formula is C19H19N3O5S2. The third-order valence-electron chi connectivity index (χ3n) is 4.21. The lowest BCUT2D eigenvalue weighted by atomic mass is 10.2. The molecule has 29 heavy (non-hydrogen) atoms. The average molecular weight is 434 g/mol. The van der Waals surface area contributed by atoms with Crippen LogP contribution >= 0.6 is 11.3 Å². The zero-order valence-electron chi connectivity index (χ0n) is 15.8. The number of carbonyl (C=O) groups excluding carboxylic acids is 2. The third-order valence-corrected chi connectivity index (χ3v) is 6.47. The van der Waals surface area contributed by atoms with Crippen LogP contribution in [0.25, 0.3) is 0 Å². The Morgan fingerprint density at radius 3 is 2.41 bits per heavy atom. The normalized spacial score (nSPS) is 11.2. The topological polar surface area (TPSA) is 118 Å². The molecule has 2 N–H and O–H groups in total. The molecular weight excluding hydrogens is 414 g/mol. The summed E-state index contributed by atoms with van der Waals surface area (Å²) in [7, 11) is -3.85. The van der Waals surface area contributed by atoms with Crippen LogP contribution in [0.4, 0.5) is 11.6 Å². The second-order valence-corrected chi connectivity index (χ2v) is 8.93. The summed E-state index contributed by atoms with van der Waals surface area (Å²) in [6.07, 6.45) is 0.154. The van der Waals surface area contributed by atoms with Gasteiger partial charge in [0, 0.05) is 24.1 Å². The van der Waals surface area contributed by atoms with E-state index in [0.29, 0.717) is 21.8 Å². The van der Waals surface area contributed by atoms with E-state index in [1.165, 1.54) is 35.6 Å². The van der Waals surface area contributed by atoms with E-state index in [4.69, 9.17) is 4.52 Å². The lowest BCUT2D eigenvalue weighted by molar-refractivity contribution is -0.116. The van der Waals surface area contributed by atoms with E-state index < -0.39 is 10.0 Å². The summed E-state index contributed by atoms with van der Waals surface area (Å²) in [5.41, 5.74) is 1.64. The zero-order chi connectivity index (χ0) is 21.0. The number of hydrogen-bond acceptors (Lipinski definition) is 7. The van der Waals surface area contributed by atoms with Crippen LogP contribution in [0.15, 0.2) is 51.2 Å². The van der Waals surface area contributed by atoms with E-state index in [0.717, 1.165) is 0 Å². The highest BCUT2D eigenvalue weighted by atomic mass is 32.2. The van der Waals surface area contributed by atoms with Crippen molar-refractivity contribution in [1.82, 2.24) is 5.16 Å². The van der Waals surface area contributed by atoms with Crippen molar-refractivity contribution in [3.8, 4) is 0 Å². The van der Waals surface area contributed by atoms with Gasteiger partial charge in [-0.05, 0) is 49.6 Å². The van der Waals surface area contributed by atoms with Gasteiger partial charge in [-0.25, -0.2) is 13.1 Å². The summed E-state index contributed by atoms with van der Waals surface area (Å²) in [5, 5.41) is 8.17. The van der Waals surface area contributed by atoms with Gasteiger partial charge in [-0.1, -0.05) is 11.2 Å². The number of carbonyl (C=O) groups is 2. The maximum Gasteiger partial charge on any atom is 0.264 e. The fraction of sp³-hybridized carbons (Fsp3) is 0.211. The van der Waals surface area contributed by atoms with E-state index in [9.17, 15) is 18.0 Å². The molecule has 2 heterocycles. The molecule has 0 fully saturated rings. The van der Waals surface area contributed by atoms with Gasteiger partial charge in [0.25, 0.3) is 10.0 Å². The number of anilines is 2. The van der Waals surface area contributed by atoms with E-state index in [1.807, 2.05) is 5.38 Å². The second kappa shape index (κ2) is 8.58. The number of amides is 1. The average Bonchev–Trinajstić information content (AvgIpc) is 3.33. The summed E-state index contributed by atoms with van der Waals surface area (Å²) in [4.78, 5) is 24.6. The number of sulfonamides is 1. The molecule has 152 valence electrons. The Kier molecular flexibility index (Phi) is 6.14. The van der Waals surface area contributed by atoms with Gasteiger partial charge in [-0.3, -0.25) is 9.59 Å². The summed E-state index contributed by atoms with van der Waals surface area (Å²) < 4.78 is 32.3. The fourth-order valence-electron chi connectivity index (χ4n) is 2.42. The molecule has 0 spiro atoms. The van der Waals surface area contributed by atoms with Crippen LogP contribution in [0.5, 0.6) is 0 Å². The zero-order valence-corrected chi connectivity index (χ0v) is 17.4. The Labute approximate surface area is 172 Å². The number of aryl methyl sites for hydroxylation is 1. The van der Waals surface area contributed by atoms with Gasteiger partial charge in [0.1, 0.15) is 0 Å². The van der Waals surface area contributed by atoms with Gasteiger partial charge in [-0.15, -0.1) is 11.3 Å². The minimum Gasteiger partial charge on any atom is -0.337 e. The lowest BCUT2D eigenvalue weighted by Gasteiger charge is -2.08. The number of aromatic nitrogens is 1. The lowest BCUT2D eigenvalue weighted by Crippen LogP contribution is -2.15. The second-order valence-electron chi connectivity index (χ2n) is 6.30. The Morgan fingerprint density at radius 1 is 1.10 bits per heavy atom. The number of benzene rings is 1. The smallest absolute Gasteiger partial charge is 0.264 e. The van der Waals surface area contributed by atoms with Crippen molar-refractivity contribution in [2.24, 2.45) is 0 Å². The Balaban J connectivity index is 1.58. The molecule has 0 radical (unpaired) electrons.